The molecular weight excluding hydrogens is 356 g/mol. The summed E-state index contributed by atoms with van der Waals surface area (Å²) in [5.74, 6) is 1.29. The molecule has 7 heteroatoms. The van der Waals surface area contributed by atoms with Gasteiger partial charge in [-0.2, -0.15) is 5.26 Å². The second-order valence-electron chi connectivity index (χ2n) is 5.22. The number of hydrogen-bond acceptors (Lipinski definition) is 5. The highest BCUT2D eigenvalue weighted by Gasteiger charge is 2.19. The van der Waals surface area contributed by atoms with Gasteiger partial charge in [0.2, 0.25) is 0 Å². The summed E-state index contributed by atoms with van der Waals surface area (Å²) in [6, 6.07) is 17.5. The second kappa shape index (κ2) is 7.60. The second-order valence-corrected chi connectivity index (χ2v) is 6.93. The van der Waals surface area contributed by atoms with E-state index in [9.17, 15) is 0 Å². The van der Waals surface area contributed by atoms with E-state index in [4.69, 9.17) is 21.6 Å². The molecule has 126 valence electrons. The minimum absolute atomic E-state index is 0.250. The third-order valence-corrected chi connectivity index (χ3v) is 4.75. The fourth-order valence-electron chi connectivity index (χ4n) is 2.33. The molecule has 0 amide bonds. The number of ether oxygens (including phenoxy) is 1. The van der Waals surface area contributed by atoms with Gasteiger partial charge in [-0.3, -0.25) is 4.57 Å². The van der Waals surface area contributed by atoms with Gasteiger partial charge < -0.3 is 4.74 Å². The number of methoxy groups -OCH3 is 1. The lowest BCUT2D eigenvalue weighted by Crippen LogP contribution is -2.02. The highest BCUT2D eigenvalue weighted by Crippen LogP contribution is 2.33. The summed E-state index contributed by atoms with van der Waals surface area (Å²) in [5, 5.41) is 18.6. The molecule has 0 radical (unpaired) electrons. The van der Waals surface area contributed by atoms with Crippen LogP contribution in [0.2, 0.25) is 5.02 Å². The maximum absolute atomic E-state index is 9.13. The van der Waals surface area contributed by atoms with Crippen LogP contribution in [0.3, 0.4) is 0 Å². The quantitative estimate of drug-likeness (QED) is 0.614. The number of aromatic nitrogens is 3. The highest BCUT2D eigenvalue weighted by atomic mass is 35.5. The molecule has 0 saturated heterocycles. The van der Waals surface area contributed by atoms with Crippen molar-refractivity contribution in [2.45, 2.75) is 17.3 Å². The molecule has 5 nitrogen and oxygen atoms in total. The summed E-state index contributed by atoms with van der Waals surface area (Å²) in [7, 11) is 1.57. The molecule has 0 aliphatic heterocycles. The molecule has 0 saturated carbocycles. The summed E-state index contributed by atoms with van der Waals surface area (Å²) in [5.41, 5.74) is 1.74. The number of nitriles is 1. The third kappa shape index (κ3) is 3.63. The molecule has 0 aliphatic rings. The normalized spacial score (nSPS) is 11.8. The first-order valence-corrected chi connectivity index (χ1v) is 8.81. The predicted molar refractivity (Wildman–Crippen MR) is 99.3 cm³/mol. The van der Waals surface area contributed by atoms with E-state index in [0.717, 1.165) is 11.3 Å². The van der Waals surface area contributed by atoms with Crippen LogP contribution < -0.4 is 4.74 Å². The zero-order chi connectivity index (χ0) is 17.8. The number of thioether (sulfide) groups is 1. The summed E-state index contributed by atoms with van der Waals surface area (Å²) < 4.78 is 7.13. The Hall–Kier alpha value is -2.49. The fourth-order valence-corrected chi connectivity index (χ4v) is 3.34. The largest absolute Gasteiger partial charge is 0.495 e. The topological polar surface area (TPSA) is 63.7 Å². The fraction of sp³-hybridized carbons (Fsp3) is 0.167. The monoisotopic (exact) mass is 370 g/mol. The summed E-state index contributed by atoms with van der Waals surface area (Å²) >= 11 is 7.64. The molecule has 0 N–H and O–H groups in total. The van der Waals surface area contributed by atoms with Crippen molar-refractivity contribution in [3.05, 3.63) is 53.6 Å². The van der Waals surface area contributed by atoms with Gasteiger partial charge in [-0.1, -0.05) is 53.7 Å². The number of hydrogen-bond donors (Lipinski definition) is 0. The van der Waals surface area contributed by atoms with Gasteiger partial charge in [0.25, 0.3) is 0 Å². The lowest BCUT2D eigenvalue weighted by Gasteiger charge is -2.12. The Kier molecular flexibility index (Phi) is 5.27. The van der Waals surface area contributed by atoms with Crippen molar-refractivity contribution in [2.75, 3.05) is 7.11 Å². The Bertz CT molecular complexity index is 921. The van der Waals surface area contributed by atoms with Gasteiger partial charge in [0, 0.05) is 5.56 Å². The van der Waals surface area contributed by atoms with Crippen LogP contribution in [0.15, 0.2) is 53.7 Å². The average molecular weight is 371 g/mol. The molecule has 3 aromatic rings. The van der Waals surface area contributed by atoms with E-state index in [1.165, 1.54) is 11.8 Å². The van der Waals surface area contributed by atoms with Crippen molar-refractivity contribution in [1.82, 2.24) is 14.8 Å². The van der Waals surface area contributed by atoms with Gasteiger partial charge in [-0.25, -0.2) is 0 Å². The van der Waals surface area contributed by atoms with Crippen LogP contribution in [0.1, 0.15) is 6.92 Å². The summed E-state index contributed by atoms with van der Waals surface area (Å²) in [4.78, 5) is 0. The standard InChI is InChI=1S/C18H15ClN4OS/c1-12(11-20)25-18-22-21-17(13-6-4-3-5-7-13)23(18)14-8-9-16(24-2)15(19)10-14/h3-10,12H,1-2H3. The minimum atomic E-state index is -0.250. The molecule has 1 heterocycles. The third-order valence-electron chi connectivity index (χ3n) is 3.52. The van der Waals surface area contributed by atoms with Crippen molar-refractivity contribution in [2.24, 2.45) is 0 Å². The molecule has 1 unspecified atom stereocenters. The van der Waals surface area contributed by atoms with E-state index in [0.29, 0.717) is 21.8 Å². The van der Waals surface area contributed by atoms with E-state index in [-0.39, 0.29) is 5.25 Å². The van der Waals surface area contributed by atoms with Crippen molar-refractivity contribution in [1.29, 1.82) is 5.26 Å². The maximum atomic E-state index is 9.13. The van der Waals surface area contributed by atoms with Gasteiger partial charge >= 0.3 is 0 Å². The molecule has 0 fully saturated rings. The van der Waals surface area contributed by atoms with Gasteiger partial charge in [-0.05, 0) is 25.1 Å². The first-order valence-electron chi connectivity index (χ1n) is 7.55. The van der Waals surface area contributed by atoms with E-state index < -0.39 is 0 Å². The molecular formula is C18H15ClN4OS. The van der Waals surface area contributed by atoms with E-state index in [1.807, 2.05) is 47.9 Å². The Morgan fingerprint density at radius 1 is 1.20 bits per heavy atom. The van der Waals surface area contributed by atoms with Crippen LogP contribution in [-0.2, 0) is 0 Å². The Balaban J connectivity index is 2.16. The van der Waals surface area contributed by atoms with Gasteiger partial charge in [0.05, 0.1) is 29.1 Å². The van der Waals surface area contributed by atoms with Crippen LogP contribution in [0.5, 0.6) is 5.75 Å². The van der Waals surface area contributed by atoms with Crippen molar-refractivity contribution >= 4 is 23.4 Å². The first-order chi connectivity index (χ1) is 12.1. The van der Waals surface area contributed by atoms with Crippen molar-refractivity contribution in [3.8, 4) is 28.9 Å². The summed E-state index contributed by atoms with van der Waals surface area (Å²) in [6.07, 6.45) is 0. The predicted octanol–water partition coefficient (Wildman–Crippen LogP) is 4.60. The number of nitrogens with zero attached hydrogens (tertiary/aromatic N) is 4. The molecule has 3 rings (SSSR count). The lowest BCUT2D eigenvalue weighted by atomic mass is 10.2. The zero-order valence-corrected chi connectivity index (χ0v) is 15.3. The van der Waals surface area contributed by atoms with Gasteiger partial charge in [0.1, 0.15) is 5.75 Å². The average Bonchev–Trinajstić information content (AvgIpc) is 3.05. The SMILES string of the molecule is COc1ccc(-n2c(SC(C)C#N)nnc2-c2ccccc2)cc1Cl. The molecule has 0 bridgehead atoms. The summed E-state index contributed by atoms with van der Waals surface area (Å²) in [6.45, 7) is 1.83. The van der Waals surface area contributed by atoms with Gasteiger partial charge in [0.15, 0.2) is 11.0 Å². The van der Waals surface area contributed by atoms with E-state index in [2.05, 4.69) is 16.3 Å². The van der Waals surface area contributed by atoms with Crippen LogP contribution in [-0.4, -0.2) is 27.1 Å². The Morgan fingerprint density at radius 3 is 2.60 bits per heavy atom. The Labute approximate surface area is 155 Å². The first kappa shape index (κ1) is 17.3. The Morgan fingerprint density at radius 2 is 1.96 bits per heavy atom. The zero-order valence-electron chi connectivity index (χ0n) is 13.7. The van der Waals surface area contributed by atoms with Crippen LogP contribution in [0, 0.1) is 11.3 Å². The van der Waals surface area contributed by atoms with Crippen LogP contribution in [0.25, 0.3) is 17.1 Å². The molecule has 0 aliphatic carbocycles. The van der Waals surface area contributed by atoms with Gasteiger partial charge in [-0.15, -0.1) is 10.2 Å². The van der Waals surface area contributed by atoms with Crippen LogP contribution >= 0.6 is 23.4 Å². The smallest absolute Gasteiger partial charge is 0.197 e. The van der Waals surface area contributed by atoms with E-state index >= 15 is 0 Å². The number of benzene rings is 2. The molecule has 0 spiro atoms. The minimum Gasteiger partial charge on any atom is -0.495 e. The lowest BCUT2D eigenvalue weighted by molar-refractivity contribution is 0.415. The highest BCUT2D eigenvalue weighted by molar-refractivity contribution is 8.00. The molecule has 2 aromatic carbocycles. The van der Waals surface area contributed by atoms with E-state index in [1.54, 1.807) is 19.2 Å². The van der Waals surface area contributed by atoms with Crippen LogP contribution in [0.4, 0.5) is 0 Å². The maximum Gasteiger partial charge on any atom is 0.197 e. The number of halogens is 1. The van der Waals surface area contributed by atoms with Crippen molar-refractivity contribution in [3.63, 3.8) is 0 Å². The molecule has 25 heavy (non-hydrogen) atoms. The molecule has 1 aromatic heterocycles. The number of rotatable bonds is 5. The van der Waals surface area contributed by atoms with Crippen molar-refractivity contribution < 1.29 is 4.74 Å². The molecule has 1 atom stereocenters.